The van der Waals surface area contributed by atoms with Crippen LogP contribution in [-0.4, -0.2) is 22.1 Å². The highest BCUT2D eigenvalue weighted by Crippen LogP contribution is 2.27. The third kappa shape index (κ3) is 4.08. The van der Waals surface area contributed by atoms with E-state index in [2.05, 4.69) is 15.0 Å². The quantitative estimate of drug-likeness (QED) is 0.364. The molecule has 0 saturated heterocycles. The molecule has 7 nitrogen and oxygen atoms in total. The lowest BCUT2D eigenvalue weighted by molar-refractivity contribution is 0.415. The van der Waals surface area contributed by atoms with Crippen LogP contribution < -0.4 is 10.3 Å². The lowest BCUT2D eigenvalue weighted by atomic mass is 10.1. The number of methoxy groups -OCH3 is 1. The van der Waals surface area contributed by atoms with Gasteiger partial charge in [-0.15, -0.1) is 11.3 Å². The van der Waals surface area contributed by atoms with E-state index in [1.807, 2.05) is 23.6 Å². The second-order valence-electron chi connectivity index (χ2n) is 5.84. The van der Waals surface area contributed by atoms with Gasteiger partial charge in [0, 0.05) is 11.3 Å². The molecule has 0 radical (unpaired) electrons. The zero-order chi connectivity index (χ0) is 20.2. The number of rotatable bonds is 6. The van der Waals surface area contributed by atoms with E-state index in [9.17, 15) is 10.1 Å². The average molecular weight is 422 g/mol. The Kier molecular flexibility index (Phi) is 5.46. The van der Waals surface area contributed by atoms with Crippen molar-refractivity contribution in [3.05, 3.63) is 69.7 Å². The van der Waals surface area contributed by atoms with Crippen molar-refractivity contribution < 1.29 is 9.15 Å². The smallest absolute Gasteiger partial charge is 0.270 e. The van der Waals surface area contributed by atoms with Gasteiger partial charge in [0.2, 0.25) is 5.89 Å². The topological polar surface area (TPSA) is 105 Å². The minimum absolute atomic E-state index is 0.0269. The van der Waals surface area contributed by atoms with E-state index in [1.54, 1.807) is 49.0 Å². The molecule has 3 heterocycles. The second-order valence-corrected chi connectivity index (χ2v) is 7.76. The van der Waals surface area contributed by atoms with E-state index in [0.29, 0.717) is 33.8 Å². The van der Waals surface area contributed by atoms with E-state index in [4.69, 9.17) is 9.15 Å². The van der Waals surface area contributed by atoms with Gasteiger partial charge in [-0.05, 0) is 35.7 Å². The van der Waals surface area contributed by atoms with Crippen LogP contribution in [0.15, 0.2) is 62.4 Å². The van der Waals surface area contributed by atoms with E-state index in [0.717, 1.165) is 10.6 Å². The summed E-state index contributed by atoms with van der Waals surface area (Å²) in [5.74, 6) is 1.71. The lowest BCUT2D eigenvalue weighted by Gasteiger charge is -2.07. The molecule has 1 N–H and O–H groups in total. The van der Waals surface area contributed by atoms with Gasteiger partial charge >= 0.3 is 0 Å². The summed E-state index contributed by atoms with van der Waals surface area (Å²) < 4.78 is 10.7. The average Bonchev–Trinajstić information content (AvgIpc) is 3.43. The van der Waals surface area contributed by atoms with Crippen molar-refractivity contribution in [2.45, 2.75) is 10.9 Å². The summed E-state index contributed by atoms with van der Waals surface area (Å²) in [6.07, 6.45) is 1.59. The number of nitrogens with one attached hydrogen (secondary N) is 1. The van der Waals surface area contributed by atoms with Gasteiger partial charge in [0.15, 0.2) is 5.16 Å². The monoisotopic (exact) mass is 422 g/mol. The molecule has 0 aliphatic rings. The van der Waals surface area contributed by atoms with Crippen LogP contribution in [0.25, 0.3) is 22.0 Å². The van der Waals surface area contributed by atoms with E-state index >= 15 is 0 Å². The summed E-state index contributed by atoms with van der Waals surface area (Å²) in [6, 6.07) is 12.9. The standard InChI is InChI=1S/C20H14N4O3S2/c1-26-14-6-4-12(5-7-14)17-15(9-21)18(25)24-20(23-17)29-11-13-10-27-19(22-13)16-3-2-8-28-16/h2-8,10H,11H2,1H3,(H,23,24,25). The minimum Gasteiger partial charge on any atom is -0.497 e. The minimum atomic E-state index is -0.477. The van der Waals surface area contributed by atoms with Gasteiger partial charge in [0.05, 0.1) is 23.4 Å². The summed E-state index contributed by atoms with van der Waals surface area (Å²) in [7, 11) is 1.57. The van der Waals surface area contributed by atoms with Crippen LogP contribution in [-0.2, 0) is 5.75 Å². The van der Waals surface area contributed by atoms with E-state index < -0.39 is 5.56 Å². The number of oxazole rings is 1. The van der Waals surface area contributed by atoms with Gasteiger partial charge in [0.1, 0.15) is 23.6 Å². The molecule has 9 heteroatoms. The Morgan fingerprint density at radius 1 is 1.28 bits per heavy atom. The summed E-state index contributed by atoms with van der Waals surface area (Å²) in [6.45, 7) is 0. The highest BCUT2D eigenvalue weighted by molar-refractivity contribution is 7.98. The summed E-state index contributed by atoms with van der Waals surface area (Å²) in [4.78, 5) is 24.9. The van der Waals surface area contributed by atoms with Crippen molar-refractivity contribution in [2.75, 3.05) is 7.11 Å². The molecule has 1 aromatic carbocycles. The van der Waals surface area contributed by atoms with Gasteiger partial charge in [-0.3, -0.25) is 4.79 Å². The molecule has 144 valence electrons. The number of H-pyrrole nitrogens is 1. The van der Waals surface area contributed by atoms with Gasteiger partial charge in [-0.1, -0.05) is 17.8 Å². The predicted octanol–water partition coefficient (Wildman–Crippen LogP) is 4.33. The number of nitriles is 1. The highest BCUT2D eigenvalue weighted by atomic mass is 32.2. The molecule has 4 aromatic rings. The van der Waals surface area contributed by atoms with E-state index in [-0.39, 0.29) is 5.56 Å². The molecule has 0 aliphatic heterocycles. The molecule has 4 rings (SSSR count). The molecule has 29 heavy (non-hydrogen) atoms. The normalized spacial score (nSPS) is 10.6. The van der Waals surface area contributed by atoms with Crippen molar-refractivity contribution in [3.8, 4) is 33.8 Å². The molecule has 0 bridgehead atoms. The highest BCUT2D eigenvalue weighted by Gasteiger charge is 2.15. The summed E-state index contributed by atoms with van der Waals surface area (Å²) >= 11 is 2.86. The summed E-state index contributed by atoms with van der Waals surface area (Å²) in [5, 5.41) is 11.8. The van der Waals surface area contributed by atoms with Crippen molar-refractivity contribution >= 4 is 23.1 Å². The SMILES string of the molecule is COc1ccc(-c2nc(SCc3coc(-c4cccs4)n3)[nH]c(=O)c2C#N)cc1. The van der Waals surface area contributed by atoms with Gasteiger partial charge < -0.3 is 14.1 Å². The maximum absolute atomic E-state index is 12.4. The first-order valence-electron chi connectivity index (χ1n) is 8.48. The molecule has 0 fully saturated rings. The zero-order valence-corrected chi connectivity index (χ0v) is 16.8. The number of ether oxygens (including phenoxy) is 1. The van der Waals surface area contributed by atoms with E-state index in [1.165, 1.54) is 11.8 Å². The Hall–Kier alpha value is -3.35. The molecule has 3 aromatic heterocycles. The number of nitrogens with zero attached hydrogens (tertiary/aromatic N) is 3. The first-order valence-corrected chi connectivity index (χ1v) is 10.3. The Morgan fingerprint density at radius 3 is 2.79 bits per heavy atom. The van der Waals surface area contributed by atoms with Crippen LogP contribution in [0.1, 0.15) is 11.3 Å². The van der Waals surface area contributed by atoms with Crippen molar-refractivity contribution in [2.24, 2.45) is 0 Å². The Labute approximate surface area is 174 Å². The molecule has 0 atom stereocenters. The number of thioether (sulfide) groups is 1. The predicted molar refractivity (Wildman–Crippen MR) is 111 cm³/mol. The molecule has 0 amide bonds. The molecular formula is C20H14N4O3S2. The first kappa shape index (κ1) is 19.0. The van der Waals surface area contributed by atoms with Crippen molar-refractivity contribution in [3.63, 3.8) is 0 Å². The van der Waals surface area contributed by atoms with Gasteiger partial charge in [0.25, 0.3) is 5.56 Å². The number of hydrogen-bond donors (Lipinski definition) is 1. The second kappa shape index (κ2) is 8.34. The van der Waals surface area contributed by atoms with Crippen LogP contribution in [0.2, 0.25) is 0 Å². The van der Waals surface area contributed by atoms with Gasteiger partial charge in [-0.2, -0.15) is 5.26 Å². The Balaban J connectivity index is 1.59. The maximum Gasteiger partial charge on any atom is 0.270 e. The third-order valence-corrected chi connectivity index (χ3v) is 5.78. The number of aromatic nitrogens is 3. The number of benzene rings is 1. The van der Waals surface area contributed by atoms with Crippen molar-refractivity contribution in [1.29, 1.82) is 5.26 Å². The van der Waals surface area contributed by atoms with Crippen LogP contribution in [0.5, 0.6) is 5.75 Å². The zero-order valence-electron chi connectivity index (χ0n) is 15.2. The number of hydrogen-bond acceptors (Lipinski definition) is 8. The third-order valence-electron chi connectivity index (χ3n) is 4.01. The Morgan fingerprint density at radius 2 is 2.10 bits per heavy atom. The largest absolute Gasteiger partial charge is 0.497 e. The lowest BCUT2D eigenvalue weighted by Crippen LogP contribution is -2.14. The van der Waals surface area contributed by atoms with Crippen LogP contribution in [0.3, 0.4) is 0 Å². The fourth-order valence-corrected chi connectivity index (χ4v) is 4.00. The molecule has 0 unspecified atom stereocenters. The fourth-order valence-electron chi connectivity index (χ4n) is 2.61. The van der Waals surface area contributed by atoms with Crippen molar-refractivity contribution in [1.82, 2.24) is 15.0 Å². The van der Waals surface area contributed by atoms with Crippen LogP contribution in [0.4, 0.5) is 0 Å². The molecule has 0 saturated carbocycles. The molecule has 0 spiro atoms. The summed E-state index contributed by atoms with van der Waals surface area (Å²) in [5.41, 5.74) is 1.23. The van der Waals surface area contributed by atoms with Gasteiger partial charge in [-0.25, -0.2) is 9.97 Å². The number of thiophene rings is 1. The number of aromatic amines is 1. The fraction of sp³-hybridized carbons (Fsp3) is 0.100. The van der Waals surface area contributed by atoms with Crippen LogP contribution >= 0.6 is 23.1 Å². The van der Waals surface area contributed by atoms with Crippen LogP contribution in [0, 0.1) is 11.3 Å². The molecular weight excluding hydrogens is 408 g/mol. The maximum atomic E-state index is 12.4. The molecule has 0 aliphatic carbocycles. The first-order chi connectivity index (χ1) is 14.2. The Bertz CT molecular complexity index is 1220.